The van der Waals surface area contributed by atoms with Gasteiger partial charge in [0.2, 0.25) is 0 Å². The van der Waals surface area contributed by atoms with Crippen LogP contribution in [0.2, 0.25) is 0 Å². The second-order valence-corrected chi connectivity index (χ2v) is 6.10. The van der Waals surface area contributed by atoms with Gasteiger partial charge in [-0.05, 0) is 74.0 Å². The average Bonchev–Trinajstić information content (AvgIpc) is 2.43. The van der Waals surface area contributed by atoms with Gasteiger partial charge in [0.1, 0.15) is 11.5 Å². The van der Waals surface area contributed by atoms with Crippen LogP contribution in [-0.4, -0.2) is 11.7 Å². The smallest absolute Gasteiger partial charge is 0.387 e. The van der Waals surface area contributed by atoms with Gasteiger partial charge in [-0.1, -0.05) is 18.2 Å². The highest BCUT2D eigenvalue weighted by molar-refractivity contribution is 9.11. The molecule has 2 aromatic carbocycles. The molecule has 2 aromatic rings. The minimum absolute atomic E-state index is 0.139. The topological polar surface area (TPSA) is 29.5 Å². The van der Waals surface area contributed by atoms with Gasteiger partial charge in [-0.15, -0.1) is 0 Å². The first-order chi connectivity index (χ1) is 9.97. The maximum Gasteiger partial charge on any atom is 0.387 e. The molecule has 0 radical (unpaired) electrons. The number of phenolic OH excluding ortho intramolecular Hbond substituents is 1. The van der Waals surface area contributed by atoms with Crippen LogP contribution in [0.1, 0.15) is 11.1 Å². The first-order valence-electron chi connectivity index (χ1n) is 6.17. The van der Waals surface area contributed by atoms with Gasteiger partial charge < -0.3 is 9.84 Å². The van der Waals surface area contributed by atoms with Crippen molar-refractivity contribution < 1.29 is 18.6 Å². The van der Waals surface area contributed by atoms with Crippen molar-refractivity contribution in [1.29, 1.82) is 0 Å². The SMILES string of the molecule is Oc1c(Br)cc(CCc2ccccc2OC(F)F)cc1Br. The zero-order valence-corrected chi connectivity index (χ0v) is 14.0. The van der Waals surface area contributed by atoms with Gasteiger partial charge in [0, 0.05) is 0 Å². The zero-order valence-electron chi connectivity index (χ0n) is 10.8. The normalized spacial score (nSPS) is 10.9. The van der Waals surface area contributed by atoms with Crippen molar-refractivity contribution in [1.82, 2.24) is 0 Å². The molecule has 0 fully saturated rings. The summed E-state index contributed by atoms with van der Waals surface area (Å²) in [6.07, 6.45) is 1.20. The van der Waals surface area contributed by atoms with Crippen LogP contribution in [-0.2, 0) is 12.8 Å². The fourth-order valence-electron chi connectivity index (χ4n) is 1.96. The lowest BCUT2D eigenvalue weighted by Crippen LogP contribution is -2.05. The summed E-state index contributed by atoms with van der Waals surface area (Å²) < 4.78 is 30.4. The van der Waals surface area contributed by atoms with E-state index in [4.69, 9.17) is 0 Å². The summed E-state index contributed by atoms with van der Waals surface area (Å²) in [6.45, 7) is -2.83. The number of aryl methyl sites for hydroxylation is 2. The number of para-hydroxylation sites is 1. The summed E-state index contributed by atoms with van der Waals surface area (Å²) in [4.78, 5) is 0. The van der Waals surface area contributed by atoms with E-state index in [1.54, 1.807) is 30.3 Å². The Morgan fingerprint density at radius 2 is 1.67 bits per heavy atom. The fraction of sp³-hybridized carbons (Fsp3) is 0.200. The van der Waals surface area contributed by atoms with Crippen LogP contribution in [0.3, 0.4) is 0 Å². The van der Waals surface area contributed by atoms with Gasteiger partial charge in [-0.3, -0.25) is 0 Å². The first kappa shape index (κ1) is 16.2. The molecule has 0 bridgehead atoms. The molecular weight excluding hydrogens is 410 g/mol. The van der Waals surface area contributed by atoms with Crippen molar-refractivity contribution in [3.05, 3.63) is 56.5 Å². The average molecular weight is 422 g/mol. The van der Waals surface area contributed by atoms with Crippen LogP contribution in [0.25, 0.3) is 0 Å². The maximum absolute atomic E-state index is 12.4. The molecule has 0 amide bonds. The molecule has 1 N–H and O–H groups in total. The molecule has 0 saturated carbocycles. The summed E-state index contributed by atoms with van der Waals surface area (Å²) in [7, 11) is 0. The lowest BCUT2D eigenvalue weighted by atomic mass is 10.0. The Kier molecular flexibility index (Phi) is 5.58. The predicted octanol–water partition coefficient (Wildman–Crippen LogP) is 5.30. The summed E-state index contributed by atoms with van der Waals surface area (Å²) in [6, 6.07) is 10.4. The highest BCUT2D eigenvalue weighted by Crippen LogP contribution is 2.34. The van der Waals surface area contributed by atoms with Crippen molar-refractivity contribution >= 4 is 31.9 Å². The number of benzene rings is 2. The minimum atomic E-state index is -2.83. The number of ether oxygens (including phenoxy) is 1. The molecular formula is C15H12Br2F2O2. The van der Waals surface area contributed by atoms with E-state index in [-0.39, 0.29) is 11.5 Å². The number of hydrogen-bond donors (Lipinski definition) is 1. The molecule has 112 valence electrons. The standard InChI is InChI=1S/C15H12Br2F2O2/c16-11-7-9(8-12(17)14(11)20)5-6-10-3-1-2-4-13(10)21-15(18)19/h1-4,7-8,15,20H,5-6H2. The van der Waals surface area contributed by atoms with Gasteiger partial charge >= 0.3 is 6.61 Å². The molecule has 0 aromatic heterocycles. The number of phenols is 1. The van der Waals surface area contributed by atoms with E-state index in [9.17, 15) is 13.9 Å². The maximum atomic E-state index is 12.4. The largest absolute Gasteiger partial charge is 0.506 e. The third kappa shape index (κ3) is 4.41. The van der Waals surface area contributed by atoms with Crippen LogP contribution in [0.5, 0.6) is 11.5 Å². The van der Waals surface area contributed by atoms with Crippen molar-refractivity contribution in [3.63, 3.8) is 0 Å². The number of halogens is 4. The van der Waals surface area contributed by atoms with E-state index in [0.717, 1.165) is 11.1 Å². The molecule has 0 aliphatic heterocycles. The van der Waals surface area contributed by atoms with Crippen molar-refractivity contribution in [3.8, 4) is 11.5 Å². The summed E-state index contributed by atoms with van der Waals surface area (Å²) in [5.74, 6) is 0.338. The number of alkyl halides is 2. The van der Waals surface area contributed by atoms with Gasteiger partial charge in [0.05, 0.1) is 8.95 Å². The molecule has 6 heteroatoms. The van der Waals surface area contributed by atoms with Crippen LogP contribution >= 0.6 is 31.9 Å². The first-order valence-corrected chi connectivity index (χ1v) is 7.75. The highest BCUT2D eigenvalue weighted by Gasteiger charge is 2.10. The van der Waals surface area contributed by atoms with E-state index in [1.165, 1.54) is 6.07 Å². The summed E-state index contributed by atoms with van der Waals surface area (Å²) in [5.41, 5.74) is 1.69. The van der Waals surface area contributed by atoms with E-state index < -0.39 is 6.61 Å². The molecule has 0 unspecified atom stereocenters. The number of rotatable bonds is 5. The Morgan fingerprint density at radius 3 is 2.29 bits per heavy atom. The Bertz CT molecular complexity index is 610. The predicted molar refractivity (Wildman–Crippen MR) is 84.0 cm³/mol. The van der Waals surface area contributed by atoms with Crippen LogP contribution in [0, 0.1) is 0 Å². The minimum Gasteiger partial charge on any atom is -0.506 e. The van der Waals surface area contributed by atoms with Crippen LogP contribution in [0.4, 0.5) is 8.78 Å². The van der Waals surface area contributed by atoms with E-state index >= 15 is 0 Å². The molecule has 2 rings (SSSR count). The molecule has 0 aliphatic carbocycles. The van der Waals surface area contributed by atoms with E-state index in [0.29, 0.717) is 21.8 Å². The van der Waals surface area contributed by atoms with Crippen LogP contribution < -0.4 is 4.74 Å². The lowest BCUT2D eigenvalue weighted by molar-refractivity contribution is -0.0504. The second-order valence-electron chi connectivity index (χ2n) is 4.39. The molecule has 0 heterocycles. The lowest BCUT2D eigenvalue weighted by Gasteiger charge is -2.11. The summed E-state index contributed by atoms with van der Waals surface area (Å²) >= 11 is 6.53. The molecule has 2 nitrogen and oxygen atoms in total. The Labute approximate surface area is 138 Å². The zero-order chi connectivity index (χ0) is 15.4. The second kappa shape index (κ2) is 7.22. The van der Waals surface area contributed by atoms with Crippen LogP contribution in [0.15, 0.2) is 45.3 Å². The van der Waals surface area contributed by atoms with Crippen molar-refractivity contribution in [2.75, 3.05) is 0 Å². The third-order valence-corrected chi connectivity index (χ3v) is 4.16. The molecule has 0 aliphatic rings. The summed E-state index contributed by atoms with van der Waals surface area (Å²) in [5, 5.41) is 9.66. The molecule has 0 atom stereocenters. The van der Waals surface area contributed by atoms with E-state index in [1.807, 2.05) is 0 Å². The highest BCUT2D eigenvalue weighted by atomic mass is 79.9. The third-order valence-electron chi connectivity index (χ3n) is 2.95. The monoisotopic (exact) mass is 420 g/mol. The van der Waals surface area contributed by atoms with Gasteiger partial charge in [-0.25, -0.2) is 0 Å². The van der Waals surface area contributed by atoms with Gasteiger partial charge in [0.25, 0.3) is 0 Å². The fourth-order valence-corrected chi connectivity index (χ4v) is 3.24. The number of hydrogen-bond acceptors (Lipinski definition) is 2. The quantitative estimate of drug-likeness (QED) is 0.709. The van der Waals surface area contributed by atoms with Crippen molar-refractivity contribution in [2.45, 2.75) is 19.5 Å². The Hall–Kier alpha value is -1.14. The molecule has 0 spiro atoms. The Morgan fingerprint density at radius 1 is 1.05 bits per heavy atom. The molecule has 0 saturated heterocycles. The number of aromatic hydroxyl groups is 1. The Balaban J connectivity index is 2.13. The van der Waals surface area contributed by atoms with Gasteiger partial charge in [0.15, 0.2) is 0 Å². The van der Waals surface area contributed by atoms with Gasteiger partial charge in [-0.2, -0.15) is 8.78 Å². The van der Waals surface area contributed by atoms with E-state index in [2.05, 4.69) is 36.6 Å². The van der Waals surface area contributed by atoms with Crippen molar-refractivity contribution in [2.24, 2.45) is 0 Å². The molecule has 21 heavy (non-hydrogen) atoms.